The summed E-state index contributed by atoms with van der Waals surface area (Å²) in [7, 11) is 0. The molecular weight excluding hydrogens is 226 g/mol. The van der Waals surface area contributed by atoms with Crippen molar-refractivity contribution >= 4 is 5.82 Å². The molecule has 1 heterocycles. The number of ether oxygens (including phenoxy) is 1. The van der Waals surface area contributed by atoms with E-state index >= 15 is 0 Å². The van der Waals surface area contributed by atoms with Crippen LogP contribution in [0.5, 0.6) is 0 Å². The lowest BCUT2D eigenvalue weighted by molar-refractivity contribution is 0.0719. The molecule has 4 nitrogen and oxygen atoms in total. The summed E-state index contributed by atoms with van der Waals surface area (Å²) in [5, 5.41) is 3.13. The predicted octanol–water partition coefficient (Wildman–Crippen LogP) is 3.01. The van der Waals surface area contributed by atoms with Crippen LogP contribution in [-0.4, -0.2) is 23.1 Å². The van der Waals surface area contributed by atoms with Gasteiger partial charge < -0.3 is 10.1 Å². The van der Waals surface area contributed by atoms with Gasteiger partial charge in [0, 0.05) is 13.2 Å². The van der Waals surface area contributed by atoms with Crippen LogP contribution < -0.4 is 5.32 Å². The quantitative estimate of drug-likeness (QED) is 0.842. The van der Waals surface area contributed by atoms with Crippen molar-refractivity contribution in [2.45, 2.75) is 45.6 Å². The molecule has 0 amide bonds. The summed E-state index contributed by atoms with van der Waals surface area (Å²) < 4.78 is 5.74. The molecule has 0 unspecified atom stereocenters. The normalized spacial score (nSPS) is 16.7. The highest BCUT2D eigenvalue weighted by Gasteiger charge is 2.13. The maximum atomic E-state index is 5.74. The van der Waals surface area contributed by atoms with Crippen LogP contribution in [0.2, 0.25) is 0 Å². The van der Waals surface area contributed by atoms with Crippen molar-refractivity contribution < 1.29 is 4.74 Å². The Kier molecular flexibility index (Phi) is 5.39. The van der Waals surface area contributed by atoms with E-state index in [0.29, 0.717) is 6.61 Å². The third kappa shape index (κ3) is 4.26. The van der Waals surface area contributed by atoms with Gasteiger partial charge in [0.2, 0.25) is 0 Å². The minimum Gasteiger partial charge on any atom is -0.375 e. The van der Waals surface area contributed by atoms with Gasteiger partial charge in [0.05, 0.1) is 24.7 Å². The van der Waals surface area contributed by atoms with Gasteiger partial charge in [-0.15, -0.1) is 0 Å². The number of hydrogen-bond donors (Lipinski definition) is 1. The molecule has 0 bridgehead atoms. The lowest BCUT2D eigenvalue weighted by Crippen LogP contribution is -2.13. The van der Waals surface area contributed by atoms with Gasteiger partial charge in [-0.05, 0) is 25.7 Å². The van der Waals surface area contributed by atoms with Crippen LogP contribution in [0.1, 0.15) is 44.7 Å². The number of aromatic nitrogens is 2. The summed E-state index contributed by atoms with van der Waals surface area (Å²) in [5.74, 6) is 1.58. The van der Waals surface area contributed by atoms with Crippen molar-refractivity contribution in [2.75, 3.05) is 18.5 Å². The van der Waals surface area contributed by atoms with Gasteiger partial charge in [-0.25, -0.2) is 4.98 Å². The standard InChI is InChI=1S/C14H23N3O/c1-2-15-14-9-16-13(8-17-14)11-18-10-12-6-4-3-5-7-12/h8-9,12H,2-7,10-11H2,1H3,(H,15,17). The van der Waals surface area contributed by atoms with Gasteiger partial charge in [0.25, 0.3) is 0 Å². The summed E-state index contributed by atoms with van der Waals surface area (Å²) >= 11 is 0. The molecule has 1 aliphatic rings. The molecule has 100 valence electrons. The van der Waals surface area contributed by atoms with Crippen LogP contribution in [0, 0.1) is 5.92 Å². The van der Waals surface area contributed by atoms with E-state index in [-0.39, 0.29) is 0 Å². The third-order valence-electron chi connectivity index (χ3n) is 3.39. The number of nitrogens with one attached hydrogen (secondary N) is 1. The van der Waals surface area contributed by atoms with Gasteiger partial charge in [-0.1, -0.05) is 19.3 Å². The molecule has 0 saturated heterocycles. The topological polar surface area (TPSA) is 47.0 Å². The van der Waals surface area contributed by atoms with Crippen molar-refractivity contribution in [3.63, 3.8) is 0 Å². The van der Waals surface area contributed by atoms with E-state index in [0.717, 1.165) is 30.6 Å². The fraction of sp³-hybridized carbons (Fsp3) is 0.714. The van der Waals surface area contributed by atoms with E-state index in [2.05, 4.69) is 15.3 Å². The summed E-state index contributed by atoms with van der Waals surface area (Å²) in [6.45, 7) is 4.36. The summed E-state index contributed by atoms with van der Waals surface area (Å²) in [6, 6.07) is 0. The van der Waals surface area contributed by atoms with Crippen molar-refractivity contribution in [3.05, 3.63) is 18.1 Å². The van der Waals surface area contributed by atoms with Crippen LogP contribution in [0.3, 0.4) is 0 Å². The van der Waals surface area contributed by atoms with Crippen molar-refractivity contribution in [2.24, 2.45) is 5.92 Å². The Morgan fingerprint density at radius 2 is 2.06 bits per heavy atom. The first kappa shape index (κ1) is 13.3. The van der Waals surface area contributed by atoms with E-state index in [1.165, 1.54) is 32.1 Å². The Balaban J connectivity index is 1.69. The monoisotopic (exact) mass is 249 g/mol. The molecule has 0 aromatic carbocycles. The smallest absolute Gasteiger partial charge is 0.144 e. The van der Waals surface area contributed by atoms with Crippen molar-refractivity contribution in [3.8, 4) is 0 Å². The van der Waals surface area contributed by atoms with E-state index in [1.807, 2.05) is 6.92 Å². The Bertz CT molecular complexity index is 333. The average molecular weight is 249 g/mol. The first-order valence-electron chi connectivity index (χ1n) is 7.01. The zero-order chi connectivity index (χ0) is 12.6. The Labute approximate surface area is 109 Å². The lowest BCUT2D eigenvalue weighted by Gasteiger charge is -2.21. The third-order valence-corrected chi connectivity index (χ3v) is 3.39. The molecule has 2 rings (SSSR count). The Hall–Kier alpha value is -1.16. The summed E-state index contributed by atoms with van der Waals surface area (Å²) in [6.07, 6.45) is 10.3. The minimum absolute atomic E-state index is 0.579. The second-order valence-corrected chi connectivity index (χ2v) is 4.94. The van der Waals surface area contributed by atoms with Crippen LogP contribution >= 0.6 is 0 Å². The molecule has 4 heteroatoms. The van der Waals surface area contributed by atoms with E-state index in [1.54, 1.807) is 12.4 Å². The zero-order valence-electron chi connectivity index (χ0n) is 11.2. The number of hydrogen-bond acceptors (Lipinski definition) is 4. The summed E-state index contributed by atoms with van der Waals surface area (Å²) in [5.41, 5.74) is 0.910. The largest absolute Gasteiger partial charge is 0.375 e. The Morgan fingerprint density at radius 1 is 1.22 bits per heavy atom. The van der Waals surface area contributed by atoms with Crippen LogP contribution in [-0.2, 0) is 11.3 Å². The minimum atomic E-state index is 0.579. The first-order chi connectivity index (χ1) is 8.88. The molecule has 1 aromatic rings. The molecule has 0 aliphatic heterocycles. The van der Waals surface area contributed by atoms with Crippen molar-refractivity contribution in [1.82, 2.24) is 9.97 Å². The van der Waals surface area contributed by atoms with Gasteiger partial charge in [0.15, 0.2) is 0 Å². The zero-order valence-corrected chi connectivity index (χ0v) is 11.2. The molecule has 1 saturated carbocycles. The SMILES string of the molecule is CCNc1cnc(COCC2CCCCC2)cn1. The molecule has 1 N–H and O–H groups in total. The molecule has 0 spiro atoms. The number of anilines is 1. The number of nitrogens with zero attached hydrogens (tertiary/aromatic N) is 2. The maximum absolute atomic E-state index is 5.74. The second kappa shape index (κ2) is 7.31. The molecule has 0 atom stereocenters. The predicted molar refractivity (Wildman–Crippen MR) is 72.4 cm³/mol. The molecule has 1 fully saturated rings. The van der Waals surface area contributed by atoms with Gasteiger partial charge >= 0.3 is 0 Å². The second-order valence-electron chi connectivity index (χ2n) is 4.94. The first-order valence-corrected chi connectivity index (χ1v) is 7.01. The molecule has 1 aliphatic carbocycles. The molecule has 18 heavy (non-hydrogen) atoms. The van der Waals surface area contributed by atoms with E-state index in [4.69, 9.17) is 4.74 Å². The van der Waals surface area contributed by atoms with E-state index in [9.17, 15) is 0 Å². The highest BCUT2D eigenvalue weighted by Crippen LogP contribution is 2.23. The van der Waals surface area contributed by atoms with Gasteiger partial charge in [-0.3, -0.25) is 4.98 Å². The molecule has 0 radical (unpaired) electrons. The van der Waals surface area contributed by atoms with Crippen molar-refractivity contribution in [1.29, 1.82) is 0 Å². The average Bonchev–Trinajstić information content (AvgIpc) is 2.42. The lowest BCUT2D eigenvalue weighted by atomic mass is 9.90. The number of rotatable bonds is 6. The highest BCUT2D eigenvalue weighted by molar-refractivity contribution is 5.30. The fourth-order valence-corrected chi connectivity index (χ4v) is 2.39. The molecular formula is C14H23N3O. The van der Waals surface area contributed by atoms with E-state index < -0.39 is 0 Å². The van der Waals surface area contributed by atoms with Crippen LogP contribution in [0.4, 0.5) is 5.82 Å². The highest BCUT2D eigenvalue weighted by atomic mass is 16.5. The fourth-order valence-electron chi connectivity index (χ4n) is 2.39. The van der Waals surface area contributed by atoms with Gasteiger partial charge in [-0.2, -0.15) is 0 Å². The van der Waals surface area contributed by atoms with Gasteiger partial charge in [0.1, 0.15) is 5.82 Å². The van der Waals surface area contributed by atoms with Crippen LogP contribution in [0.25, 0.3) is 0 Å². The Morgan fingerprint density at radius 3 is 2.72 bits per heavy atom. The summed E-state index contributed by atoms with van der Waals surface area (Å²) in [4.78, 5) is 8.61. The molecule has 1 aromatic heterocycles. The maximum Gasteiger partial charge on any atom is 0.144 e. The van der Waals surface area contributed by atoms with Crippen LogP contribution in [0.15, 0.2) is 12.4 Å².